The molecule has 1 heterocycles. The summed E-state index contributed by atoms with van der Waals surface area (Å²) in [6, 6.07) is 23.7. The van der Waals surface area contributed by atoms with Crippen LogP contribution in [0.5, 0.6) is 5.75 Å². The summed E-state index contributed by atoms with van der Waals surface area (Å²) in [6.45, 7) is 4.31. The van der Waals surface area contributed by atoms with Gasteiger partial charge in [0, 0.05) is 32.9 Å². The molecule has 8 rings (SSSR count). The summed E-state index contributed by atoms with van der Waals surface area (Å²) in [5.41, 5.74) is 0.876. The highest BCUT2D eigenvalue weighted by atomic mass is 32.2. The molecule has 3 nitrogen and oxygen atoms in total. The molecule has 0 radical (unpaired) electrons. The molecule has 4 saturated carbocycles. The predicted octanol–water partition coefficient (Wildman–Crippen LogP) is 8.18. The van der Waals surface area contributed by atoms with Crippen LogP contribution in [-0.4, -0.2) is 18.2 Å². The zero-order valence-corrected chi connectivity index (χ0v) is 21.9. The molecule has 4 heteroatoms. The third kappa shape index (κ3) is 3.48. The molecule has 0 amide bonds. The second-order valence-electron chi connectivity index (χ2n) is 11.5. The third-order valence-corrected chi connectivity index (χ3v) is 11.8. The predicted molar refractivity (Wildman–Crippen MR) is 147 cm³/mol. The van der Waals surface area contributed by atoms with Gasteiger partial charge >= 0.3 is 5.97 Å². The van der Waals surface area contributed by atoms with E-state index in [9.17, 15) is 4.79 Å². The molecule has 184 valence electrons. The minimum absolute atomic E-state index is 0.0297. The molecular formula is C32H33O3S+. The van der Waals surface area contributed by atoms with Crippen molar-refractivity contribution >= 4 is 36.6 Å². The standard InChI is InChI=1S/C32H33O3S/c1-20-13-25(34-19-31(33)35-32(2)23-15-21-14-22(17-23)18-24(32)16-21)11-12-28(20)36-29-9-5-3-7-26(29)27-8-4-6-10-30(27)36/h3-13,21-24H,14-19H2,1-2H3/q+1. The molecule has 4 aliphatic rings. The van der Waals surface area contributed by atoms with Gasteiger partial charge in [-0.2, -0.15) is 0 Å². The lowest BCUT2D eigenvalue weighted by Crippen LogP contribution is -2.58. The van der Waals surface area contributed by atoms with Gasteiger partial charge < -0.3 is 9.47 Å². The van der Waals surface area contributed by atoms with Gasteiger partial charge in [0.1, 0.15) is 11.4 Å². The van der Waals surface area contributed by atoms with Crippen LogP contribution >= 0.6 is 10.5 Å². The highest BCUT2D eigenvalue weighted by Gasteiger charge is 2.57. The lowest BCUT2D eigenvalue weighted by molar-refractivity contribution is -0.204. The van der Waals surface area contributed by atoms with E-state index in [1.54, 1.807) is 0 Å². The van der Waals surface area contributed by atoms with Crippen molar-refractivity contribution < 1.29 is 14.3 Å². The number of aryl methyl sites for hydroxylation is 1. The zero-order chi connectivity index (χ0) is 24.4. The van der Waals surface area contributed by atoms with Crippen LogP contribution in [0.15, 0.2) is 66.7 Å². The van der Waals surface area contributed by atoms with Crippen LogP contribution in [0.25, 0.3) is 25.1 Å². The molecule has 0 atom stereocenters. The molecule has 0 aliphatic heterocycles. The van der Waals surface area contributed by atoms with E-state index in [1.165, 1.54) is 62.7 Å². The van der Waals surface area contributed by atoms with Crippen molar-refractivity contribution in [2.24, 2.45) is 23.7 Å². The van der Waals surface area contributed by atoms with E-state index in [-0.39, 0.29) is 28.6 Å². The van der Waals surface area contributed by atoms with Crippen LogP contribution in [-0.2, 0) is 9.53 Å². The van der Waals surface area contributed by atoms with Crippen molar-refractivity contribution in [2.75, 3.05) is 6.61 Å². The second-order valence-corrected chi connectivity index (χ2v) is 13.4. The summed E-state index contributed by atoms with van der Waals surface area (Å²) in [4.78, 5) is 14.2. The Morgan fingerprint density at radius 2 is 1.44 bits per heavy atom. The second kappa shape index (κ2) is 8.34. The Hall–Kier alpha value is -2.85. The van der Waals surface area contributed by atoms with E-state index in [1.807, 2.05) is 6.07 Å². The SMILES string of the molecule is Cc1cc(OCC(=O)OC2(C)C3CC4CC(C3)CC2C4)ccc1-[s+]1c2ccccc2c2ccccc21. The van der Waals surface area contributed by atoms with Crippen molar-refractivity contribution in [3.05, 3.63) is 72.3 Å². The quantitative estimate of drug-likeness (QED) is 0.206. The fraction of sp³-hybridized carbons (Fsp3) is 0.406. The number of benzene rings is 3. The average molecular weight is 498 g/mol. The summed E-state index contributed by atoms with van der Waals surface area (Å²) in [5, 5.41) is 2.66. The van der Waals surface area contributed by atoms with Gasteiger partial charge in [0.15, 0.2) is 20.9 Å². The largest absolute Gasteiger partial charge is 0.482 e. The molecule has 4 fully saturated rings. The smallest absolute Gasteiger partial charge is 0.344 e. The summed E-state index contributed by atoms with van der Waals surface area (Å²) >= 11 is 0. The van der Waals surface area contributed by atoms with Gasteiger partial charge in [0.25, 0.3) is 0 Å². The summed E-state index contributed by atoms with van der Waals surface area (Å²) in [6.07, 6.45) is 6.31. The Morgan fingerprint density at radius 3 is 2.03 bits per heavy atom. The first-order valence-electron chi connectivity index (χ1n) is 13.4. The Labute approximate surface area is 215 Å². The molecule has 4 bridgehead atoms. The number of hydrogen-bond donors (Lipinski definition) is 0. The van der Waals surface area contributed by atoms with Crippen molar-refractivity contribution in [3.63, 3.8) is 0 Å². The van der Waals surface area contributed by atoms with Crippen molar-refractivity contribution in [2.45, 2.75) is 51.6 Å². The van der Waals surface area contributed by atoms with E-state index < -0.39 is 0 Å². The molecule has 0 spiro atoms. The molecule has 0 unspecified atom stereocenters. The van der Waals surface area contributed by atoms with Crippen LogP contribution in [0.4, 0.5) is 0 Å². The minimum Gasteiger partial charge on any atom is -0.482 e. The molecule has 1 aromatic heterocycles. The number of esters is 1. The van der Waals surface area contributed by atoms with E-state index in [4.69, 9.17) is 9.47 Å². The first-order valence-corrected chi connectivity index (χ1v) is 14.6. The number of rotatable bonds is 5. The Bertz CT molecular complexity index is 1400. The van der Waals surface area contributed by atoms with Gasteiger partial charge in [-0.3, -0.25) is 0 Å². The maximum absolute atomic E-state index is 12.9. The minimum atomic E-state index is -0.308. The maximum atomic E-state index is 12.9. The lowest BCUT2D eigenvalue weighted by atomic mass is 9.50. The van der Waals surface area contributed by atoms with E-state index in [0.717, 1.165) is 17.6 Å². The first-order chi connectivity index (χ1) is 17.5. The molecule has 36 heavy (non-hydrogen) atoms. The number of hydrogen-bond acceptors (Lipinski definition) is 3. The number of carbonyl (C=O) groups excluding carboxylic acids is 1. The molecule has 0 N–H and O–H groups in total. The van der Waals surface area contributed by atoms with Crippen molar-refractivity contribution in [1.82, 2.24) is 0 Å². The topological polar surface area (TPSA) is 35.5 Å². The van der Waals surface area contributed by atoms with Gasteiger partial charge in [0.2, 0.25) is 0 Å². The Morgan fingerprint density at radius 1 is 0.861 bits per heavy atom. The summed E-state index contributed by atoms with van der Waals surface area (Å²) in [5.74, 6) is 3.27. The Kier molecular flexibility index (Phi) is 5.18. The summed E-state index contributed by atoms with van der Waals surface area (Å²) in [7, 11) is -0.133. The number of thiophene rings is 1. The van der Waals surface area contributed by atoms with Gasteiger partial charge in [-0.05, 0) is 106 Å². The molecule has 0 saturated heterocycles. The highest BCUT2D eigenvalue weighted by molar-refractivity contribution is 7.50. The van der Waals surface area contributed by atoms with Crippen LogP contribution in [0.3, 0.4) is 0 Å². The summed E-state index contributed by atoms with van der Waals surface area (Å²) < 4.78 is 14.9. The average Bonchev–Trinajstić information content (AvgIpc) is 3.20. The lowest BCUT2D eigenvalue weighted by Gasteiger charge is -2.59. The molecule has 3 aromatic carbocycles. The van der Waals surface area contributed by atoms with Crippen LogP contribution < -0.4 is 4.74 Å². The highest BCUT2D eigenvalue weighted by Crippen LogP contribution is 2.59. The van der Waals surface area contributed by atoms with E-state index in [2.05, 4.69) is 74.5 Å². The van der Waals surface area contributed by atoms with Gasteiger partial charge in [-0.25, -0.2) is 4.79 Å². The van der Waals surface area contributed by atoms with Crippen LogP contribution in [0.1, 0.15) is 44.6 Å². The van der Waals surface area contributed by atoms with E-state index >= 15 is 0 Å². The third-order valence-electron chi connectivity index (χ3n) is 9.32. The number of carbonyl (C=O) groups is 1. The maximum Gasteiger partial charge on any atom is 0.344 e. The molecule has 4 aromatic rings. The number of ether oxygens (including phenoxy) is 2. The molecular weight excluding hydrogens is 464 g/mol. The molecule has 4 aliphatic carbocycles. The Balaban J connectivity index is 1.10. The normalized spacial score (nSPS) is 28.6. The monoisotopic (exact) mass is 497 g/mol. The van der Waals surface area contributed by atoms with Crippen molar-refractivity contribution in [3.8, 4) is 10.6 Å². The zero-order valence-electron chi connectivity index (χ0n) is 21.0. The van der Waals surface area contributed by atoms with Crippen LogP contribution in [0.2, 0.25) is 0 Å². The fourth-order valence-electron chi connectivity index (χ4n) is 7.73. The van der Waals surface area contributed by atoms with Gasteiger partial charge in [-0.15, -0.1) is 0 Å². The fourth-order valence-corrected chi connectivity index (χ4v) is 10.3. The van der Waals surface area contributed by atoms with E-state index in [0.29, 0.717) is 11.8 Å². The van der Waals surface area contributed by atoms with Crippen LogP contribution in [0, 0.1) is 30.6 Å². The number of fused-ring (bicyclic) bond motifs is 3. The van der Waals surface area contributed by atoms with Crippen molar-refractivity contribution in [1.29, 1.82) is 0 Å². The first kappa shape index (κ1) is 22.4. The van der Waals surface area contributed by atoms with Gasteiger partial charge in [-0.1, -0.05) is 24.3 Å². The van der Waals surface area contributed by atoms with Gasteiger partial charge in [0.05, 0.1) is 0 Å².